The van der Waals surface area contributed by atoms with E-state index < -0.39 is 41.2 Å². The van der Waals surface area contributed by atoms with E-state index in [1.165, 1.54) is 36.0 Å². The number of carbonyl (C=O) groups excluding carboxylic acids is 1. The summed E-state index contributed by atoms with van der Waals surface area (Å²) >= 11 is 1.46. The number of hydrogen-bond donors (Lipinski definition) is 3. The van der Waals surface area contributed by atoms with Crippen LogP contribution in [0, 0.1) is 12.7 Å². The molecule has 3 N–H and O–H groups in total. The summed E-state index contributed by atoms with van der Waals surface area (Å²) in [5.41, 5.74) is 0.237. The van der Waals surface area contributed by atoms with Crippen molar-refractivity contribution >= 4 is 60.3 Å². The summed E-state index contributed by atoms with van der Waals surface area (Å²) in [4.78, 5) is 18.6. The largest absolute Gasteiger partial charge is 0.501 e. The van der Waals surface area contributed by atoms with Crippen LogP contribution in [0.25, 0.3) is 22.4 Å². The predicted molar refractivity (Wildman–Crippen MR) is 263 cm³/mol. The summed E-state index contributed by atoms with van der Waals surface area (Å²) in [5, 5.41) is 5.75. The number of piperazine rings is 1. The number of nitrogens with one attached hydrogen (secondary N) is 3. The van der Waals surface area contributed by atoms with Crippen molar-refractivity contribution in [2.24, 2.45) is 7.05 Å². The van der Waals surface area contributed by atoms with Crippen LogP contribution in [0.5, 0.6) is 0 Å². The molecule has 19 heteroatoms. The van der Waals surface area contributed by atoms with Crippen LogP contribution in [0.3, 0.4) is 0 Å². The number of carbonyl (C=O) groups is 1. The quantitative estimate of drug-likeness (QED) is 0.0600. The maximum Gasteiger partial charge on any atom is 0.501 e. The van der Waals surface area contributed by atoms with E-state index in [-0.39, 0.29) is 23.1 Å². The van der Waals surface area contributed by atoms with Gasteiger partial charge in [-0.05, 0) is 136 Å². The molecule has 5 aromatic carbocycles. The van der Waals surface area contributed by atoms with E-state index in [4.69, 9.17) is 0 Å². The number of amides is 1. The number of benzene rings is 5. The summed E-state index contributed by atoms with van der Waals surface area (Å²) in [6, 6.07) is 32.3. The summed E-state index contributed by atoms with van der Waals surface area (Å²) in [7, 11) is -3.39. The molecule has 1 aliphatic rings. The van der Waals surface area contributed by atoms with E-state index in [1.807, 2.05) is 92.1 Å². The molecule has 2 heterocycles. The minimum atomic E-state index is -5.99. The maximum atomic E-state index is 14.1. The lowest BCUT2D eigenvalue weighted by atomic mass is 9.96. The van der Waals surface area contributed by atoms with Gasteiger partial charge in [0.05, 0.1) is 21.8 Å². The third-order valence-electron chi connectivity index (χ3n) is 11.9. The highest BCUT2D eigenvalue weighted by Crippen LogP contribution is 2.41. The Morgan fingerprint density at radius 2 is 1.44 bits per heavy atom. The van der Waals surface area contributed by atoms with Gasteiger partial charge in [-0.15, -0.1) is 11.8 Å². The Morgan fingerprint density at radius 1 is 0.794 bits per heavy atom. The second-order valence-corrected chi connectivity index (χ2v) is 21.4. The lowest BCUT2D eigenvalue weighted by Gasteiger charge is -2.37. The van der Waals surface area contributed by atoms with Crippen molar-refractivity contribution in [1.29, 1.82) is 0 Å². The van der Waals surface area contributed by atoms with Crippen molar-refractivity contribution in [3.8, 4) is 22.4 Å². The van der Waals surface area contributed by atoms with Crippen LogP contribution < -0.4 is 25.2 Å². The van der Waals surface area contributed by atoms with E-state index in [9.17, 15) is 39.2 Å². The van der Waals surface area contributed by atoms with Gasteiger partial charge in [0.1, 0.15) is 10.7 Å². The van der Waals surface area contributed by atoms with Gasteiger partial charge >= 0.3 is 5.51 Å². The van der Waals surface area contributed by atoms with E-state index in [0.29, 0.717) is 56.5 Å². The summed E-state index contributed by atoms with van der Waals surface area (Å²) < 4.78 is 114. The third-order valence-corrected chi connectivity index (χ3v) is 15.9. The topological polar surface area (TPSA) is 136 Å². The maximum absolute atomic E-state index is 14.1. The highest BCUT2D eigenvalue weighted by atomic mass is 32.2. The number of anilines is 4. The minimum absolute atomic E-state index is 0.126. The summed E-state index contributed by atoms with van der Waals surface area (Å²) in [6.07, 6.45) is 0.456. The molecule has 1 aliphatic heterocycles. The monoisotopic (exact) mass is 991 g/mol. The molecule has 0 saturated carbocycles. The molecule has 0 aliphatic carbocycles. The normalized spacial score (nSPS) is 14.0. The number of hydrogen-bond acceptors (Lipinski definition) is 10. The number of thioether (sulfide) groups is 1. The number of sulfonamides is 1. The highest BCUT2D eigenvalue weighted by Gasteiger charge is 2.48. The number of halogens is 4. The Balaban J connectivity index is 1.06. The fraction of sp³-hybridized carbons (Fsp3) is 0.286. The molecule has 1 amide bonds. The van der Waals surface area contributed by atoms with Gasteiger partial charge in [-0.2, -0.15) is 13.2 Å². The van der Waals surface area contributed by atoms with Gasteiger partial charge in [-0.3, -0.25) is 9.52 Å². The van der Waals surface area contributed by atoms with Crippen molar-refractivity contribution < 1.29 is 39.2 Å². The smallest absolute Gasteiger partial charge is 0.380 e. The molecule has 12 nitrogen and oxygen atoms in total. The van der Waals surface area contributed by atoms with Gasteiger partial charge in [0, 0.05) is 85.3 Å². The van der Waals surface area contributed by atoms with Crippen LogP contribution in [0.1, 0.15) is 22.5 Å². The lowest BCUT2D eigenvalue weighted by Crippen LogP contribution is -2.46. The predicted octanol–water partition coefficient (Wildman–Crippen LogP) is 9.11. The van der Waals surface area contributed by atoms with Crippen molar-refractivity contribution in [3.63, 3.8) is 0 Å². The molecule has 7 rings (SSSR count). The van der Waals surface area contributed by atoms with Gasteiger partial charge in [-0.1, -0.05) is 30.3 Å². The molecule has 1 saturated heterocycles. The van der Waals surface area contributed by atoms with Crippen molar-refractivity contribution in [2.45, 2.75) is 39.6 Å². The Bertz CT molecular complexity index is 2960. The zero-order valence-corrected chi connectivity index (χ0v) is 40.6. The van der Waals surface area contributed by atoms with Gasteiger partial charge in [0.15, 0.2) is 0 Å². The van der Waals surface area contributed by atoms with Crippen molar-refractivity contribution in [1.82, 2.24) is 14.8 Å². The standard InChI is InChI=1S/C49H53F4N7O5S3/c1-33-45(48(61)54-2)46(47(58(33)5)34-14-16-36(50)17-15-34)35-10-9-11-40(30-35)60-28-26-59(27-29-60)39-20-18-37(19-21-39)56-68(64,65)42-22-23-43(44(31-42)67(62,63)49(51,52)53)55-38(24-25-57(3)4)32-66-41-12-7-6-8-13-41/h6-23,30-31,38,55-56H,24-29,32H2,1-5H3,(H,54,61)/t38-/m1/s1. The second-order valence-electron chi connectivity index (χ2n) is 16.7. The zero-order valence-electron chi connectivity index (χ0n) is 38.1. The molecular weight excluding hydrogens is 939 g/mol. The molecule has 1 aromatic heterocycles. The first-order chi connectivity index (χ1) is 32.3. The molecule has 360 valence electrons. The van der Waals surface area contributed by atoms with E-state index in [0.717, 1.165) is 56.5 Å². The summed E-state index contributed by atoms with van der Waals surface area (Å²) in [6.45, 7) is 4.92. The van der Waals surface area contributed by atoms with Gasteiger partial charge in [0.2, 0.25) is 0 Å². The van der Waals surface area contributed by atoms with Crippen molar-refractivity contribution in [2.75, 3.05) is 79.5 Å². The first-order valence-electron chi connectivity index (χ1n) is 21.7. The number of aromatic nitrogens is 1. The Morgan fingerprint density at radius 3 is 2.06 bits per heavy atom. The highest BCUT2D eigenvalue weighted by molar-refractivity contribution is 7.99. The molecule has 1 fully saturated rings. The Labute approximate surface area is 399 Å². The van der Waals surface area contributed by atoms with Crippen LogP contribution in [-0.4, -0.2) is 103 Å². The van der Waals surface area contributed by atoms with Crippen LogP contribution in [0.15, 0.2) is 136 Å². The summed E-state index contributed by atoms with van der Waals surface area (Å²) in [5.74, 6) is -0.205. The molecule has 0 radical (unpaired) electrons. The fourth-order valence-corrected chi connectivity index (χ4v) is 11.2. The molecule has 68 heavy (non-hydrogen) atoms. The van der Waals surface area contributed by atoms with Crippen LogP contribution in [0.2, 0.25) is 0 Å². The lowest BCUT2D eigenvalue weighted by molar-refractivity contribution is -0.0435. The van der Waals surface area contributed by atoms with Crippen LogP contribution in [0.4, 0.5) is 40.3 Å². The number of alkyl halides is 3. The molecular formula is C49H53F4N7O5S3. The Hall–Kier alpha value is -6.02. The molecule has 0 bridgehead atoms. The minimum Gasteiger partial charge on any atom is -0.380 e. The van der Waals surface area contributed by atoms with Gasteiger partial charge in [-0.25, -0.2) is 21.2 Å². The fourth-order valence-electron chi connectivity index (χ4n) is 8.15. The number of rotatable bonds is 17. The average molecular weight is 992 g/mol. The van der Waals surface area contributed by atoms with E-state index in [2.05, 4.69) is 25.2 Å². The zero-order chi connectivity index (χ0) is 49.0. The van der Waals surface area contributed by atoms with Crippen LogP contribution in [-0.2, 0) is 26.9 Å². The SMILES string of the molecule is CNC(=O)c1c(-c2cccc(N3CCN(c4ccc(NS(=O)(=O)c5ccc(N[C@H](CCN(C)C)CSc6ccccc6)c(S(=O)(=O)C(F)(F)F)c5)cc4)CC3)c2)c(-c2ccc(F)cc2)n(C)c1C. The molecule has 0 unspecified atom stereocenters. The third kappa shape index (κ3) is 11.1. The van der Waals surface area contributed by atoms with Gasteiger partial charge in [0.25, 0.3) is 25.8 Å². The second kappa shape index (κ2) is 20.7. The first kappa shape index (κ1) is 49.9. The van der Waals surface area contributed by atoms with E-state index >= 15 is 0 Å². The van der Waals surface area contributed by atoms with Crippen molar-refractivity contribution in [3.05, 3.63) is 138 Å². The number of nitrogens with zero attached hydrogens (tertiary/aromatic N) is 4. The Kier molecular flexibility index (Phi) is 15.2. The first-order valence-corrected chi connectivity index (χ1v) is 25.7. The average Bonchev–Trinajstić information content (AvgIpc) is 3.59. The molecule has 1 atom stereocenters. The molecule has 6 aromatic rings. The van der Waals surface area contributed by atoms with Gasteiger partial charge < -0.3 is 29.9 Å². The van der Waals surface area contributed by atoms with E-state index in [1.54, 1.807) is 31.3 Å². The molecule has 0 spiro atoms. The van der Waals surface area contributed by atoms with Crippen LogP contribution >= 0.6 is 11.8 Å². The number of sulfone groups is 1.